The molecule has 0 fully saturated rings. The first kappa shape index (κ1) is 12.6. The van der Waals surface area contributed by atoms with Crippen LogP contribution in [0, 0.1) is 12.7 Å². The van der Waals surface area contributed by atoms with E-state index < -0.39 is 5.82 Å². The van der Waals surface area contributed by atoms with Crippen molar-refractivity contribution in [3.63, 3.8) is 0 Å². The fraction of sp³-hybridized carbons (Fsp3) is 0.154. The smallest absolute Gasteiger partial charge is 0.132 e. The molecule has 0 saturated carbocycles. The molecule has 2 N–H and O–H groups in total. The number of nitrogens with zero attached hydrogens (tertiary/aromatic N) is 2. The summed E-state index contributed by atoms with van der Waals surface area (Å²) < 4.78 is 15.5. The van der Waals surface area contributed by atoms with E-state index in [1.165, 1.54) is 18.2 Å². The number of hydrogen-bond acceptors (Lipinski definition) is 2. The van der Waals surface area contributed by atoms with Crippen molar-refractivity contribution in [1.82, 2.24) is 9.55 Å². The summed E-state index contributed by atoms with van der Waals surface area (Å²) in [6, 6.07) is 4.32. The van der Waals surface area contributed by atoms with Gasteiger partial charge in [-0.1, -0.05) is 17.7 Å². The quantitative estimate of drug-likeness (QED) is 0.864. The van der Waals surface area contributed by atoms with Crippen molar-refractivity contribution in [2.24, 2.45) is 0 Å². The van der Waals surface area contributed by atoms with Gasteiger partial charge < -0.3 is 10.3 Å². The van der Waals surface area contributed by atoms with Gasteiger partial charge in [-0.3, -0.25) is 0 Å². The van der Waals surface area contributed by atoms with Crippen LogP contribution in [-0.2, 0) is 6.54 Å². The van der Waals surface area contributed by atoms with Gasteiger partial charge in [0.25, 0.3) is 0 Å². The van der Waals surface area contributed by atoms with E-state index in [4.69, 9.17) is 17.3 Å². The van der Waals surface area contributed by atoms with Crippen LogP contribution in [0.15, 0.2) is 30.9 Å². The lowest BCUT2D eigenvalue weighted by molar-refractivity contribution is 0.631. The fourth-order valence-corrected chi connectivity index (χ4v) is 1.99. The van der Waals surface area contributed by atoms with Crippen molar-refractivity contribution in [3.05, 3.63) is 47.5 Å². The number of allylic oxidation sites excluding steroid dienone is 1. The highest BCUT2D eigenvalue weighted by Gasteiger charge is 2.16. The normalized spacial score (nSPS) is 10.6. The lowest BCUT2D eigenvalue weighted by Gasteiger charge is -2.05. The van der Waals surface area contributed by atoms with E-state index in [2.05, 4.69) is 11.6 Å². The predicted molar refractivity (Wildman–Crippen MR) is 72.0 cm³/mol. The minimum Gasteiger partial charge on any atom is -0.383 e. The number of hydrogen-bond donors (Lipinski definition) is 1. The predicted octanol–water partition coefficient (Wildman–Crippen LogP) is 3.42. The minimum atomic E-state index is -0.394. The molecule has 0 aliphatic carbocycles. The Labute approximate surface area is 110 Å². The lowest BCUT2D eigenvalue weighted by atomic mass is 10.1. The number of aromatic nitrogens is 2. The molecule has 0 spiro atoms. The molecule has 0 unspecified atom stereocenters. The van der Waals surface area contributed by atoms with E-state index in [0.717, 1.165) is 0 Å². The van der Waals surface area contributed by atoms with Gasteiger partial charge in [0.15, 0.2) is 0 Å². The van der Waals surface area contributed by atoms with E-state index in [1.54, 1.807) is 10.6 Å². The number of nitrogen functional groups attached to an aromatic ring is 1. The SMILES string of the molecule is C=CCn1c(C)nc(-c2cc(Cl)ccc2F)c1N. The van der Waals surface area contributed by atoms with Crippen LogP contribution < -0.4 is 5.73 Å². The maximum atomic E-state index is 13.8. The van der Waals surface area contributed by atoms with Crippen molar-refractivity contribution in [2.45, 2.75) is 13.5 Å². The van der Waals surface area contributed by atoms with E-state index in [9.17, 15) is 4.39 Å². The van der Waals surface area contributed by atoms with Crippen LogP contribution in [0.2, 0.25) is 5.02 Å². The zero-order valence-electron chi connectivity index (χ0n) is 9.95. The molecule has 1 heterocycles. The monoisotopic (exact) mass is 265 g/mol. The van der Waals surface area contributed by atoms with Gasteiger partial charge in [0.2, 0.25) is 0 Å². The molecule has 1 aromatic carbocycles. The Hall–Kier alpha value is -1.81. The van der Waals surface area contributed by atoms with Gasteiger partial charge in [-0.05, 0) is 25.1 Å². The highest BCUT2D eigenvalue weighted by molar-refractivity contribution is 6.30. The van der Waals surface area contributed by atoms with E-state index in [0.29, 0.717) is 34.5 Å². The van der Waals surface area contributed by atoms with Crippen LogP contribution >= 0.6 is 11.6 Å². The fourth-order valence-electron chi connectivity index (χ4n) is 1.82. The molecule has 0 bridgehead atoms. The maximum absolute atomic E-state index is 13.8. The second kappa shape index (κ2) is 4.82. The first-order chi connectivity index (χ1) is 8.54. The first-order valence-corrected chi connectivity index (χ1v) is 5.81. The highest BCUT2D eigenvalue weighted by atomic mass is 35.5. The summed E-state index contributed by atoms with van der Waals surface area (Å²) in [7, 11) is 0. The molecule has 94 valence electrons. The zero-order chi connectivity index (χ0) is 13.3. The number of benzene rings is 1. The van der Waals surface area contributed by atoms with Crippen molar-refractivity contribution in [3.8, 4) is 11.3 Å². The molecular formula is C13H13ClFN3. The molecule has 1 aromatic heterocycles. The van der Waals surface area contributed by atoms with Crippen molar-refractivity contribution >= 4 is 17.4 Å². The summed E-state index contributed by atoms with van der Waals surface area (Å²) in [6.07, 6.45) is 1.71. The summed E-state index contributed by atoms with van der Waals surface area (Å²) in [6.45, 7) is 6.00. The Balaban J connectivity index is 2.61. The van der Waals surface area contributed by atoms with Crippen molar-refractivity contribution in [1.29, 1.82) is 0 Å². The van der Waals surface area contributed by atoms with E-state index in [1.807, 2.05) is 6.92 Å². The summed E-state index contributed by atoms with van der Waals surface area (Å²) in [5.74, 6) is 0.727. The maximum Gasteiger partial charge on any atom is 0.132 e. The second-order valence-corrected chi connectivity index (χ2v) is 4.35. The Morgan fingerprint density at radius 1 is 1.56 bits per heavy atom. The molecule has 0 saturated heterocycles. The van der Waals surface area contributed by atoms with E-state index >= 15 is 0 Å². The largest absolute Gasteiger partial charge is 0.383 e. The molecule has 5 heteroatoms. The number of aryl methyl sites for hydroxylation is 1. The van der Waals surface area contributed by atoms with Gasteiger partial charge in [0.1, 0.15) is 23.2 Å². The molecule has 0 amide bonds. The van der Waals surface area contributed by atoms with Gasteiger partial charge >= 0.3 is 0 Å². The number of nitrogens with two attached hydrogens (primary N) is 1. The number of imidazole rings is 1. The Morgan fingerprint density at radius 3 is 2.94 bits per heavy atom. The van der Waals surface area contributed by atoms with Crippen LogP contribution in [0.1, 0.15) is 5.82 Å². The molecule has 0 aliphatic rings. The third-order valence-corrected chi connectivity index (χ3v) is 2.93. The van der Waals surface area contributed by atoms with Crippen molar-refractivity contribution < 1.29 is 4.39 Å². The van der Waals surface area contributed by atoms with Gasteiger partial charge in [-0.15, -0.1) is 6.58 Å². The van der Waals surface area contributed by atoms with Crippen LogP contribution in [-0.4, -0.2) is 9.55 Å². The molecule has 0 aliphatic heterocycles. The average Bonchev–Trinajstić information content (AvgIpc) is 2.61. The Bertz CT molecular complexity index is 605. The number of halogens is 2. The summed E-state index contributed by atoms with van der Waals surface area (Å²) in [4.78, 5) is 4.29. The molecule has 2 aromatic rings. The number of rotatable bonds is 3. The molecule has 18 heavy (non-hydrogen) atoms. The van der Waals surface area contributed by atoms with Gasteiger partial charge in [-0.25, -0.2) is 9.37 Å². The minimum absolute atomic E-state index is 0.311. The van der Waals surface area contributed by atoms with Crippen molar-refractivity contribution in [2.75, 3.05) is 5.73 Å². The van der Waals surface area contributed by atoms with Crippen LogP contribution in [0.4, 0.5) is 10.2 Å². The standard InChI is InChI=1S/C13H13ClFN3/c1-3-6-18-8(2)17-12(13(18)16)10-7-9(14)4-5-11(10)15/h3-5,7H,1,6,16H2,2H3. The highest BCUT2D eigenvalue weighted by Crippen LogP contribution is 2.30. The molecule has 3 nitrogen and oxygen atoms in total. The second-order valence-electron chi connectivity index (χ2n) is 3.92. The first-order valence-electron chi connectivity index (χ1n) is 5.43. The van der Waals surface area contributed by atoms with Gasteiger partial charge in [-0.2, -0.15) is 0 Å². The number of anilines is 1. The van der Waals surface area contributed by atoms with Gasteiger partial charge in [0.05, 0.1) is 0 Å². The third-order valence-electron chi connectivity index (χ3n) is 2.69. The van der Waals surface area contributed by atoms with Gasteiger partial charge in [0, 0.05) is 17.1 Å². The summed E-state index contributed by atoms with van der Waals surface area (Å²) >= 11 is 5.87. The van der Waals surface area contributed by atoms with Crippen LogP contribution in [0.5, 0.6) is 0 Å². The van der Waals surface area contributed by atoms with E-state index in [-0.39, 0.29) is 0 Å². The molecule has 0 radical (unpaired) electrons. The molecular weight excluding hydrogens is 253 g/mol. The zero-order valence-corrected chi connectivity index (χ0v) is 10.7. The summed E-state index contributed by atoms with van der Waals surface area (Å²) in [5.41, 5.74) is 6.71. The van der Waals surface area contributed by atoms with Crippen LogP contribution in [0.3, 0.4) is 0 Å². The Morgan fingerprint density at radius 2 is 2.28 bits per heavy atom. The molecule has 2 rings (SSSR count). The Kier molecular flexibility index (Phi) is 3.39. The summed E-state index contributed by atoms with van der Waals surface area (Å²) in [5, 5.41) is 0.446. The topological polar surface area (TPSA) is 43.8 Å². The average molecular weight is 266 g/mol. The lowest BCUT2D eigenvalue weighted by Crippen LogP contribution is -2.03. The third kappa shape index (κ3) is 2.11. The molecule has 0 atom stereocenters. The van der Waals surface area contributed by atoms with Crippen LogP contribution in [0.25, 0.3) is 11.3 Å².